The molecule has 0 spiro atoms. The van der Waals surface area contributed by atoms with Gasteiger partial charge in [-0.1, -0.05) is 26.0 Å². The van der Waals surface area contributed by atoms with Crippen molar-refractivity contribution < 1.29 is 19.8 Å². The van der Waals surface area contributed by atoms with Crippen molar-refractivity contribution >= 4 is 24.2 Å². The van der Waals surface area contributed by atoms with Gasteiger partial charge in [-0.15, -0.1) is 12.4 Å². The normalized spacial score (nSPS) is 13.7. The summed E-state index contributed by atoms with van der Waals surface area (Å²) >= 11 is 0. The van der Waals surface area contributed by atoms with Crippen molar-refractivity contribution in [1.82, 2.24) is 10.6 Å². The Morgan fingerprint density at radius 3 is 2.15 bits per heavy atom. The van der Waals surface area contributed by atoms with E-state index in [2.05, 4.69) is 10.6 Å². The van der Waals surface area contributed by atoms with Crippen LogP contribution in [-0.2, 0) is 16.0 Å². The number of hydrogen-bond donors (Lipinski definition) is 5. The second-order valence-corrected chi connectivity index (χ2v) is 7.23. The van der Waals surface area contributed by atoms with Crippen LogP contribution in [0.25, 0.3) is 0 Å². The molecule has 0 heterocycles. The Hall–Kier alpha value is -1.67. The fourth-order valence-electron chi connectivity index (χ4n) is 2.19. The molecule has 8 heteroatoms. The quantitative estimate of drug-likeness (QED) is 0.447. The lowest BCUT2D eigenvalue weighted by atomic mass is 9.99. The summed E-state index contributed by atoms with van der Waals surface area (Å²) in [5, 5.41) is 24.2. The van der Waals surface area contributed by atoms with Gasteiger partial charge in [0.1, 0.15) is 5.75 Å². The molecule has 1 rings (SSSR count). The van der Waals surface area contributed by atoms with Crippen molar-refractivity contribution in [2.45, 2.75) is 51.7 Å². The summed E-state index contributed by atoms with van der Waals surface area (Å²) in [5.41, 5.74) is 5.88. The minimum atomic E-state index is -0.774. The van der Waals surface area contributed by atoms with Gasteiger partial charge in [-0.3, -0.25) is 20.2 Å². The minimum Gasteiger partial charge on any atom is -0.508 e. The molecule has 6 N–H and O–H groups in total. The number of phenolic OH excluding ortho intramolecular Hbond substituents is 1. The van der Waals surface area contributed by atoms with E-state index in [0.29, 0.717) is 6.42 Å². The molecule has 7 nitrogen and oxygen atoms in total. The molecule has 0 aliphatic heterocycles. The SMILES string of the molecule is CC(C)[C@H](N)C(=O)NC(=O)[C@H](Cc1ccc(O)cc1)NC(C)(C)CO.Cl. The number of nitrogens with two attached hydrogens (primary N) is 1. The predicted octanol–water partition coefficient (Wildman–Crippen LogP) is 0.712. The molecule has 2 amide bonds. The van der Waals surface area contributed by atoms with Gasteiger partial charge in [0.15, 0.2) is 0 Å². The third-order valence-corrected chi connectivity index (χ3v) is 3.92. The van der Waals surface area contributed by atoms with E-state index < -0.39 is 29.4 Å². The molecule has 0 aliphatic rings. The molecule has 2 atom stereocenters. The Labute approximate surface area is 160 Å². The number of halogens is 1. The second-order valence-electron chi connectivity index (χ2n) is 7.23. The third-order valence-electron chi connectivity index (χ3n) is 3.92. The first kappa shape index (κ1) is 24.3. The molecular weight excluding hydrogens is 358 g/mol. The summed E-state index contributed by atoms with van der Waals surface area (Å²) in [4.78, 5) is 24.6. The topological polar surface area (TPSA) is 125 Å². The van der Waals surface area contributed by atoms with Crippen molar-refractivity contribution in [2.75, 3.05) is 6.61 Å². The van der Waals surface area contributed by atoms with E-state index in [0.717, 1.165) is 5.56 Å². The first-order valence-electron chi connectivity index (χ1n) is 8.32. The molecule has 0 aromatic heterocycles. The van der Waals surface area contributed by atoms with Crippen molar-refractivity contribution in [3.63, 3.8) is 0 Å². The first-order valence-corrected chi connectivity index (χ1v) is 8.32. The highest BCUT2D eigenvalue weighted by atomic mass is 35.5. The summed E-state index contributed by atoms with van der Waals surface area (Å²) in [6, 6.07) is 4.94. The fraction of sp³-hybridized carbons (Fsp3) is 0.556. The molecule has 148 valence electrons. The monoisotopic (exact) mass is 387 g/mol. The van der Waals surface area contributed by atoms with Gasteiger partial charge in [0.05, 0.1) is 18.7 Å². The average molecular weight is 388 g/mol. The number of benzene rings is 1. The van der Waals surface area contributed by atoms with Gasteiger partial charge in [0.25, 0.3) is 0 Å². The first-order chi connectivity index (χ1) is 11.6. The molecule has 0 radical (unpaired) electrons. The number of phenols is 1. The number of aliphatic hydroxyl groups is 1. The Morgan fingerprint density at radius 2 is 1.69 bits per heavy atom. The number of aromatic hydroxyl groups is 1. The maximum Gasteiger partial charge on any atom is 0.244 e. The van der Waals surface area contributed by atoms with E-state index in [1.807, 2.05) is 0 Å². The van der Waals surface area contributed by atoms with E-state index in [4.69, 9.17) is 5.73 Å². The number of carbonyl (C=O) groups is 2. The predicted molar refractivity (Wildman–Crippen MR) is 103 cm³/mol. The molecule has 1 aromatic carbocycles. The van der Waals surface area contributed by atoms with Gasteiger partial charge >= 0.3 is 0 Å². The van der Waals surface area contributed by atoms with Gasteiger partial charge in [-0.25, -0.2) is 0 Å². The van der Waals surface area contributed by atoms with Crippen molar-refractivity contribution in [3.8, 4) is 5.75 Å². The number of imide groups is 1. The van der Waals surface area contributed by atoms with Crippen LogP contribution in [-0.4, -0.2) is 46.3 Å². The number of amides is 2. The average Bonchev–Trinajstić information content (AvgIpc) is 2.55. The highest BCUT2D eigenvalue weighted by molar-refractivity contribution is 6.00. The lowest BCUT2D eigenvalue weighted by Crippen LogP contribution is -2.58. The Bertz CT molecular complexity index is 591. The number of carbonyl (C=O) groups excluding carboxylic acids is 2. The van der Waals surface area contributed by atoms with Gasteiger partial charge in [0.2, 0.25) is 11.8 Å². The van der Waals surface area contributed by atoms with Crippen molar-refractivity contribution in [2.24, 2.45) is 11.7 Å². The third kappa shape index (κ3) is 7.70. The number of nitrogens with one attached hydrogen (secondary N) is 2. The summed E-state index contributed by atoms with van der Waals surface area (Å²) < 4.78 is 0. The molecule has 0 fully saturated rings. The largest absolute Gasteiger partial charge is 0.508 e. The lowest BCUT2D eigenvalue weighted by Gasteiger charge is -2.30. The highest BCUT2D eigenvalue weighted by Gasteiger charge is 2.29. The Balaban J connectivity index is 0.00000625. The summed E-state index contributed by atoms with van der Waals surface area (Å²) in [6.07, 6.45) is 0.291. The standard InChI is InChI=1S/C18H29N3O4.ClH/c1-11(2)15(19)17(25)20-16(24)14(21-18(3,4)10-22)9-12-5-7-13(23)8-6-12;/h5-8,11,14-15,21-23H,9-10,19H2,1-4H3,(H,20,24,25);1H/t14-,15-;/m0./s1. The minimum absolute atomic E-state index is 0. The molecule has 1 aromatic rings. The molecule has 0 unspecified atom stereocenters. The van der Waals surface area contributed by atoms with E-state index in [9.17, 15) is 19.8 Å². The summed E-state index contributed by atoms with van der Waals surface area (Å²) in [7, 11) is 0. The number of aliphatic hydroxyl groups excluding tert-OH is 1. The molecule has 0 saturated carbocycles. The molecule has 0 bridgehead atoms. The molecule has 0 aliphatic carbocycles. The van der Waals surface area contributed by atoms with E-state index >= 15 is 0 Å². The second kappa shape index (κ2) is 10.5. The van der Waals surface area contributed by atoms with E-state index in [1.165, 1.54) is 12.1 Å². The van der Waals surface area contributed by atoms with E-state index in [1.54, 1.807) is 39.8 Å². The fourth-order valence-corrected chi connectivity index (χ4v) is 2.19. The Kier molecular flexibility index (Phi) is 9.80. The zero-order valence-electron chi connectivity index (χ0n) is 15.7. The van der Waals surface area contributed by atoms with Crippen LogP contribution in [0.5, 0.6) is 5.75 Å². The summed E-state index contributed by atoms with van der Waals surface area (Å²) in [5.74, 6) is -0.994. The zero-order chi connectivity index (χ0) is 19.2. The van der Waals surface area contributed by atoms with Crippen LogP contribution in [0.2, 0.25) is 0 Å². The zero-order valence-corrected chi connectivity index (χ0v) is 16.5. The lowest BCUT2D eigenvalue weighted by molar-refractivity contribution is -0.133. The Morgan fingerprint density at radius 1 is 1.15 bits per heavy atom. The van der Waals surface area contributed by atoms with Gasteiger partial charge < -0.3 is 15.9 Å². The molecular formula is C18H30ClN3O4. The van der Waals surface area contributed by atoms with Gasteiger partial charge in [-0.2, -0.15) is 0 Å². The van der Waals surface area contributed by atoms with Crippen molar-refractivity contribution in [3.05, 3.63) is 29.8 Å². The van der Waals surface area contributed by atoms with Gasteiger partial charge in [-0.05, 0) is 43.9 Å². The van der Waals surface area contributed by atoms with Crippen LogP contribution in [0.1, 0.15) is 33.3 Å². The number of rotatable bonds is 8. The van der Waals surface area contributed by atoms with Crippen LogP contribution in [0.3, 0.4) is 0 Å². The van der Waals surface area contributed by atoms with Crippen LogP contribution < -0.4 is 16.4 Å². The van der Waals surface area contributed by atoms with E-state index in [-0.39, 0.29) is 30.7 Å². The van der Waals surface area contributed by atoms with Crippen LogP contribution in [0.4, 0.5) is 0 Å². The van der Waals surface area contributed by atoms with Crippen LogP contribution >= 0.6 is 12.4 Å². The maximum atomic E-state index is 12.6. The van der Waals surface area contributed by atoms with Crippen molar-refractivity contribution in [1.29, 1.82) is 0 Å². The van der Waals surface area contributed by atoms with Gasteiger partial charge in [0, 0.05) is 5.54 Å². The molecule has 0 saturated heterocycles. The smallest absolute Gasteiger partial charge is 0.244 e. The maximum absolute atomic E-state index is 12.6. The highest BCUT2D eigenvalue weighted by Crippen LogP contribution is 2.13. The van der Waals surface area contributed by atoms with Crippen LogP contribution in [0, 0.1) is 5.92 Å². The number of hydrogen-bond acceptors (Lipinski definition) is 6. The molecule has 26 heavy (non-hydrogen) atoms. The summed E-state index contributed by atoms with van der Waals surface area (Å²) in [6.45, 7) is 6.94. The van der Waals surface area contributed by atoms with Crippen LogP contribution in [0.15, 0.2) is 24.3 Å².